The molecule has 7 nitrogen and oxygen atoms in total. The molecule has 0 atom stereocenters. The summed E-state index contributed by atoms with van der Waals surface area (Å²) >= 11 is 0. The van der Waals surface area contributed by atoms with E-state index in [2.05, 4.69) is 10.3 Å². The Hall–Kier alpha value is -2.97. The molecule has 0 aliphatic carbocycles. The Labute approximate surface area is 182 Å². The number of hydrogen-bond acceptors (Lipinski definition) is 5. The van der Waals surface area contributed by atoms with Crippen LogP contribution < -0.4 is 10.1 Å². The summed E-state index contributed by atoms with van der Waals surface area (Å²) in [5, 5.41) is 3.68. The second-order valence-electron chi connectivity index (χ2n) is 7.39. The van der Waals surface area contributed by atoms with E-state index in [1.165, 1.54) is 16.4 Å². The van der Waals surface area contributed by atoms with Crippen LogP contribution in [0.5, 0.6) is 5.75 Å². The second kappa shape index (κ2) is 9.03. The lowest BCUT2D eigenvalue weighted by atomic mass is 10.1. The highest BCUT2D eigenvalue weighted by Crippen LogP contribution is 2.31. The van der Waals surface area contributed by atoms with Gasteiger partial charge in [-0.3, -0.25) is 9.78 Å². The normalized spacial score (nSPS) is 15.0. The van der Waals surface area contributed by atoms with Crippen LogP contribution in [0, 0.1) is 0 Å². The average Bonchev–Trinajstić information content (AvgIpc) is 2.80. The summed E-state index contributed by atoms with van der Waals surface area (Å²) in [6, 6.07) is 13.7. The maximum Gasteiger partial charge on any atom is 0.257 e. The van der Waals surface area contributed by atoms with Crippen molar-refractivity contribution in [3.05, 3.63) is 60.3 Å². The number of rotatable bonds is 6. The molecule has 0 saturated carbocycles. The second-order valence-corrected chi connectivity index (χ2v) is 9.33. The molecular formula is C23H25N3O4S. The van der Waals surface area contributed by atoms with Crippen LogP contribution in [0.1, 0.15) is 36.5 Å². The standard InChI is InChI=1S/C23H25N3O4S/c1-2-30-21-12-11-18(31(28,29)26-14-4-3-5-15-26)16-20(21)25-23(27)19-10-6-8-17-9-7-13-24-22(17)19/h6-13,16H,2-5,14-15H2,1H3,(H,25,27). The van der Waals surface area contributed by atoms with Gasteiger partial charge in [0.25, 0.3) is 5.91 Å². The number of para-hydroxylation sites is 1. The molecule has 0 radical (unpaired) electrons. The van der Waals surface area contributed by atoms with Crippen molar-refractivity contribution in [1.29, 1.82) is 0 Å². The summed E-state index contributed by atoms with van der Waals surface area (Å²) in [5.41, 5.74) is 1.31. The van der Waals surface area contributed by atoms with Crippen molar-refractivity contribution >= 4 is 32.5 Å². The lowest BCUT2D eigenvalue weighted by Gasteiger charge is -2.26. The summed E-state index contributed by atoms with van der Waals surface area (Å²) in [6.45, 7) is 3.24. The fourth-order valence-electron chi connectivity index (χ4n) is 3.78. The topological polar surface area (TPSA) is 88.6 Å². The number of piperidine rings is 1. The van der Waals surface area contributed by atoms with E-state index in [0.717, 1.165) is 24.6 Å². The van der Waals surface area contributed by atoms with E-state index in [0.29, 0.717) is 42.2 Å². The first-order valence-electron chi connectivity index (χ1n) is 10.4. The number of sulfonamides is 1. The third-order valence-electron chi connectivity index (χ3n) is 5.33. The number of hydrogen-bond donors (Lipinski definition) is 1. The number of pyridine rings is 1. The number of carbonyl (C=O) groups excluding carboxylic acids is 1. The van der Waals surface area contributed by atoms with Gasteiger partial charge in [-0.05, 0) is 50.1 Å². The third kappa shape index (κ3) is 4.40. The molecular weight excluding hydrogens is 414 g/mol. The van der Waals surface area contributed by atoms with Crippen molar-refractivity contribution in [2.45, 2.75) is 31.1 Å². The van der Waals surface area contributed by atoms with Crippen LogP contribution in [0.25, 0.3) is 10.9 Å². The molecule has 1 fully saturated rings. The summed E-state index contributed by atoms with van der Waals surface area (Å²) in [5.74, 6) is 0.0411. The smallest absolute Gasteiger partial charge is 0.257 e. The number of anilines is 1. The minimum atomic E-state index is -3.64. The first kappa shape index (κ1) is 21.3. The van der Waals surface area contributed by atoms with Gasteiger partial charge in [-0.25, -0.2) is 8.42 Å². The Kier molecular flexibility index (Phi) is 6.20. The zero-order valence-corrected chi connectivity index (χ0v) is 18.2. The van der Waals surface area contributed by atoms with Crippen molar-refractivity contribution in [2.75, 3.05) is 25.0 Å². The predicted octanol–water partition coefficient (Wildman–Crippen LogP) is 4.06. The summed E-state index contributed by atoms with van der Waals surface area (Å²) in [7, 11) is -3.64. The number of amides is 1. The van der Waals surface area contributed by atoms with Gasteiger partial charge in [-0.1, -0.05) is 24.6 Å². The summed E-state index contributed by atoms with van der Waals surface area (Å²) < 4.78 is 33.3. The van der Waals surface area contributed by atoms with Crippen LogP contribution in [-0.2, 0) is 10.0 Å². The van der Waals surface area contributed by atoms with E-state index in [1.54, 1.807) is 24.4 Å². The molecule has 2 heterocycles. The van der Waals surface area contributed by atoms with E-state index < -0.39 is 10.0 Å². The fraction of sp³-hybridized carbons (Fsp3) is 0.304. The Bertz CT molecular complexity index is 1200. The van der Waals surface area contributed by atoms with Gasteiger partial charge >= 0.3 is 0 Å². The molecule has 2 aromatic carbocycles. The Morgan fingerprint density at radius 3 is 2.65 bits per heavy atom. The molecule has 0 bridgehead atoms. The minimum absolute atomic E-state index is 0.143. The molecule has 8 heteroatoms. The van der Waals surface area contributed by atoms with Gasteiger partial charge in [-0.2, -0.15) is 4.31 Å². The molecule has 162 valence electrons. The van der Waals surface area contributed by atoms with Crippen molar-refractivity contribution < 1.29 is 17.9 Å². The lowest BCUT2D eigenvalue weighted by Crippen LogP contribution is -2.35. The Morgan fingerprint density at radius 2 is 1.87 bits per heavy atom. The van der Waals surface area contributed by atoms with Crippen LogP contribution in [0.3, 0.4) is 0 Å². The molecule has 0 spiro atoms. The monoisotopic (exact) mass is 439 g/mol. The fourth-order valence-corrected chi connectivity index (χ4v) is 5.32. The number of carbonyl (C=O) groups is 1. The van der Waals surface area contributed by atoms with Crippen molar-refractivity contribution in [2.24, 2.45) is 0 Å². The highest BCUT2D eigenvalue weighted by atomic mass is 32.2. The average molecular weight is 440 g/mol. The molecule has 0 unspecified atom stereocenters. The SMILES string of the molecule is CCOc1ccc(S(=O)(=O)N2CCCCC2)cc1NC(=O)c1cccc2cccnc12. The quantitative estimate of drug-likeness (QED) is 0.626. The first-order chi connectivity index (χ1) is 15.0. The van der Waals surface area contributed by atoms with Gasteiger partial charge in [0.15, 0.2) is 0 Å². The highest BCUT2D eigenvalue weighted by Gasteiger charge is 2.27. The van der Waals surface area contributed by atoms with Crippen LogP contribution in [0.2, 0.25) is 0 Å². The zero-order chi connectivity index (χ0) is 21.8. The highest BCUT2D eigenvalue weighted by molar-refractivity contribution is 7.89. The molecule has 1 N–H and O–H groups in total. The van der Waals surface area contributed by atoms with Gasteiger partial charge < -0.3 is 10.1 Å². The number of nitrogens with zero attached hydrogens (tertiary/aromatic N) is 2. The van der Waals surface area contributed by atoms with E-state index in [1.807, 2.05) is 25.1 Å². The largest absolute Gasteiger partial charge is 0.492 e. The zero-order valence-electron chi connectivity index (χ0n) is 17.4. The molecule has 1 aliphatic rings. The third-order valence-corrected chi connectivity index (χ3v) is 7.22. The van der Waals surface area contributed by atoms with Crippen molar-refractivity contribution in [3.63, 3.8) is 0 Å². The summed E-state index contributed by atoms with van der Waals surface area (Å²) in [4.78, 5) is 17.5. The summed E-state index contributed by atoms with van der Waals surface area (Å²) in [6.07, 6.45) is 4.38. The molecule has 1 amide bonds. The first-order valence-corrected chi connectivity index (χ1v) is 11.9. The number of aromatic nitrogens is 1. The van der Waals surface area contributed by atoms with E-state index in [4.69, 9.17) is 4.74 Å². The van der Waals surface area contributed by atoms with Gasteiger partial charge in [-0.15, -0.1) is 0 Å². The van der Waals surface area contributed by atoms with Crippen molar-refractivity contribution in [1.82, 2.24) is 9.29 Å². The number of ether oxygens (including phenoxy) is 1. The van der Waals surface area contributed by atoms with Gasteiger partial charge in [0.2, 0.25) is 10.0 Å². The van der Waals surface area contributed by atoms with Crippen LogP contribution >= 0.6 is 0 Å². The molecule has 3 aromatic rings. The van der Waals surface area contributed by atoms with Gasteiger partial charge in [0.1, 0.15) is 5.75 Å². The molecule has 1 aromatic heterocycles. The predicted molar refractivity (Wildman–Crippen MR) is 120 cm³/mol. The molecule has 1 saturated heterocycles. The van der Waals surface area contributed by atoms with Crippen LogP contribution in [0.4, 0.5) is 5.69 Å². The van der Waals surface area contributed by atoms with Gasteiger partial charge in [0.05, 0.1) is 28.3 Å². The van der Waals surface area contributed by atoms with Crippen molar-refractivity contribution in [3.8, 4) is 5.75 Å². The van der Waals surface area contributed by atoms with E-state index in [-0.39, 0.29) is 10.8 Å². The van der Waals surface area contributed by atoms with Gasteiger partial charge in [0, 0.05) is 24.7 Å². The molecule has 31 heavy (non-hydrogen) atoms. The Balaban J connectivity index is 1.69. The maximum absolute atomic E-state index is 13.1. The van der Waals surface area contributed by atoms with Crippen LogP contribution in [0.15, 0.2) is 59.6 Å². The van der Waals surface area contributed by atoms with E-state index in [9.17, 15) is 13.2 Å². The van der Waals surface area contributed by atoms with Crippen LogP contribution in [-0.4, -0.2) is 43.3 Å². The van der Waals surface area contributed by atoms with E-state index >= 15 is 0 Å². The lowest BCUT2D eigenvalue weighted by molar-refractivity contribution is 0.102. The molecule has 1 aliphatic heterocycles. The number of fused-ring (bicyclic) bond motifs is 1. The number of benzene rings is 2. The maximum atomic E-state index is 13.1. The Morgan fingerprint density at radius 1 is 1.10 bits per heavy atom. The number of nitrogens with one attached hydrogen (secondary N) is 1. The minimum Gasteiger partial charge on any atom is -0.492 e. The molecule has 4 rings (SSSR count).